The van der Waals surface area contributed by atoms with Crippen molar-refractivity contribution >= 4 is 0 Å². The van der Waals surface area contributed by atoms with Crippen LogP contribution >= 0.6 is 0 Å². The van der Waals surface area contributed by atoms with Crippen molar-refractivity contribution in [2.24, 2.45) is 5.92 Å². The number of aliphatic hydroxyl groups excluding tert-OH is 1. The number of rotatable bonds is 10. The fourth-order valence-corrected chi connectivity index (χ4v) is 5.69. The van der Waals surface area contributed by atoms with E-state index in [0.717, 1.165) is 22.3 Å². The molecule has 0 amide bonds. The molecule has 41 heavy (non-hydrogen) atoms. The topological polar surface area (TPSA) is 66.4 Å². The zero-order chi connectivity index (χ0) is 27.9. The van der Waals surface area contributed by atoms with Crippen LogP contribution in [0.4, 0.5) is 0 Å². The Balaban J connectivity index is 1.29. The summed E-state index contributed by atoms with van der Waals surface area (Å²) in [5, 5.41) is 11.9. The first-order valence-electron chi connectivity index (χ1n) is 14.2. The number of aliphatic hydroxyl groups is 1. The van der Waals surface area contributed by atoms with Gasteiger partial charge < -0.3 is 28.8 Å². The maximum absolute atomic E-state index is 11.9. The predicted molar refractivity (Wildman–Crippen MR) is 155 cm³/mol. The van der Waals surface area contributed by atoms with E-state index in [1.54, 1.807) is 0 Å². The second kappa shape index (κ2) is 13.5. The first kappa shape index (κ1) is 27.8. The van der Waals surface area contributed by atoms with Gasteiger partial charge in [0.1, 0.15) is 18.3 Å². The monoisotopic (exact) mass is 552 g/mol. The van der Waals surface area contributed by atoms with E-state index in [1.165, 1.54) is 0 Å². The molecule has 6 heteroatoms. The maximum Gasteiger partial charge on any atom is 0.184 e. The number of fused-ring (bicyclic) bond motifs is 1. The molecule has 212 valence electrons. The van der Waals surface area contributed by atoms with Crippen molar-refractivity contribution in [2.75, 3.05) is 6.61 Å². The molecule has 4 aromatic rings. The minimum absolute atomic E-state index is 0.219. The van der Waals surface area contributed by atoms with E-state index >= 15 is 0 Å². The summed E-state index contributed by atoms with van der Waals surface area (Å²) >= 11 is 0. The lowest BCUT2D eigenvalue weighted by Gasteiger charge is -2.51. The molecule has 1 saturated heterocycles. The summed E-state index contributed by atoms with van der Waals surface area (Å²) in [7, 11) is 0. The number of hydrogen-bond acceptors (Lipinski definition) is 6. The zero-order valence-corrected chi connectivity index (χ0v) is 22.9. The van der Waals surface area contributed by atoms with E-state index in [1.807, 2.05) is 121 Å². The van der Waals surface area contributed by atoms with Gasteiger partial charge in [-0.3, -0.25) is 0 Å². The summed E-state index contributed by atoms with van der Waals surface area (Å²) in [6, 6.07) is 39.8. The van der Waals surface area contributed by atoms with Crippen LogP contribution in [0.3, 0.4) is 0 Å². The van der Waals surface area contributed by atoms with Crippen LogP contribution in [0.1, 0.15) is 28.5 Å². The van der Waals surface area contributed by atoms with Crippen molar-refractivity contribution in [3.05, 3.63) is 144 Å². The van der Waals surface area contributed by atoms with Gasteiger partial charge in [-0.1, -0.05) is 121 Å². The first-order chi connectivity index (χ1) is 20.3. The first-order valence-corrected chi connectivity index (χ1v) is 14.2. The van der Waals surface area contributed by atoms with E-state index in [-0.39, 0.29) is 5.92 Å². The fourth-order valence-electron chi connectivity index (χ4n) is 5.69. The lowest BCUT2D eigenvalue weighted by Crippen LogP contribution is -2.66. The van der Waals surface area contributed by atoms with Gasteiger partial charge in [-0.05, 0) is 16.7 Å². The third kappa shape index (κ3) is 6.76. The van der Waals surface area contributed by atoms with E-state index in [9.17, 15) is 5.11 Å². The third-order valence-electron chi connectivity index (χ3n) is 7.81. The normalized spacial score (nSPS) is 27.7. The molecule has 1 saturated carbocycles. The summed E-state index contributed by atoms with van der Waals surface area (Å²) in [5.74, 6) is -0.219. The molecule has 1 heterocycles. The molecular formula is C35H36O6. The molecule has 0 spiro atoms. The standard InChI is InChI=1S/C35H36O6/c36-30-33(38-22-26-15-7-2-8-16-26)31(37-21-25-13-5-1-6-14-25)29-24-40-35(28-19-11-4-12-20-28)41-32(29)34(30)39-23-27-17-9-3-10-18-27/h1-20,29-36H,21-24H2/t29-,30-,31-,32+,33-,34+,35+/m1/s1. The van der Waals surface area contributed by atoms with Crippen molar-refractivity contribution in [3.63, 3.8) is 0 Å². The quantitative estimate of drug-likeness (QED) is 0.266. The van der Waals surface area contributed by atoms with Gasteiger partial charge in [0, 0.05) is 11.5 Å². The summed E-state index contributed by atoms with van der Waals surface area (Å²) < 4.78 is 32.4. The van der Waals surface area contributed by atoms with Crippen molar-refractivity contribution in [2.45, 2.75) is 56.6 Å². The summed E-state index contributed by atoms with van der Waals surface area (Å²) in [4.78, 5) is 0. The van der Waals surface area contributed by atoms with Crippen LogP contribution < -0.4 is 0 Å². The Hall–Kier alpha value is -3.36. The fraction of sp³-hybridized carbons (Fsp3) is 0.314. The molecule has 7 atom stereocenters. The van der Waals surface area contributed by atoms with Gasteiger partial charge in [0.05, 0.1) is 38.6 Å². The highest BCUT2D eigenvalue weighted by atomic mass is 16.7. The van der Waals surface area contributed by atoms with Crippen LogP contribution in [0, 0.1) is 5.92 Å². The van der Waals surface area contributed by atoms with E-state index < -0.39 is 36.8 Å². The third-order valence-corrected chi connectivity index (χ3v) is 7.81. The van der Waals surface area contributed by atoms with Gasteiger partial charge in [0.2, 0.25) is 0 Å². The highest BCUT2D eigenvalue weighted by Gasteiger charge is 2.55. The van der Waals surface area contributed by atoms with Crippen molar-refractivity contribution in [1.82, 2.24) is 0 Å². The van der Waals surface area contributed by atoms with Crippen LogP contribution in [0.15, 0.2) is 121 Å². The average molecular weight is 553 g/mol. The van der Waals surface area contributed by atoms with Crippen LogP contribution in [0.5, 0.6) is 0 Å². The molecule has 1 aliphatic carbocycles. The second-order valence-corrected chi connectivity index (χ2v) is 10.6. The van der Waals surface area contributed by atoms with E-state index in [2.05, 4.69) is 0 Å². The molecule has 4 aromatic carbocycles. The number of hydrogen-bond donors (Lipinski definition) is 1. The Morgan fingerprint density at radius 2 is 1.00 bits per heavy atom. The van der Waals surface area contributed by atoms with Crippen molar-refractivity contribution in [3.8, 4) is 0 Å². The van der Waals surface area contributed by atoms with Crippen LogP contribution in [0.2, 0.25) is 0 Å². The van der Waals surface area contributed by atoms with Gasteiger partial charge in [-0.2, -0.15) is 0 Å². The largest absolute Gasteiger partial charge is 0.387 e. The van der Waals surface area contributed by atoms with Gasteiger partial charge in [-0.25, -0.2) is 0 Å². The summed E-state index contributed by atoms with van der Waals surface area (Å²) in [5.41, 5.74) is 4.01. The lowest BCUT2D eigenvalue weighted by molar-refractivity contribution is -0.329. The molecule has 0 unspecified atom stereocenters. The Kier molecular flexibility index (Phi) is 9.17. The summed E-state index contributed by atoms with van der Waals surface area (Å²) in [6.07, 6.45) is -3.80. The smallest absolute Gasteiger partial charge is 0.184 e. The molecule has 1 aliphatic heterocycles. The molecular weight excluding hydrogens is 516 g/mol. The lowest BCUT2D eigenvalue weighted by atomic mass is 9.77. The Morgan fingerprint density at radius 1 is 0.561 bits per heavy atom. The van der Waals surface area contributed by atoms with Gasteiger partial charge >= 0.3 is 0 Å². The van der Waals surface area contributed by atoms with Gasteiger partial charge in [-0.15, -0.1) is 0 Å². The Labute approximate surface area is 241 Å². The van der Waals surface area contributed by atoms with Crippen LogP contribution in [-0.4, -0.2) is 42.2 Å². The van der Waals surface area contributed by atoms with Gasteiger partial charge in [0.25, 0.3) is 0 Å². The molecule has 6 nitrogen and oxygen atoms in total. The van der Waals surface area contributed by atoms with Crippen LogP contribution in [0.25, 0.3) is 0 Å². The predicted octanol–water partition coefficient (Wildman–Crippen LogP) is 5.85. The minimum Gasteiger partial charge on any atom is -0.387 e. The van der Waals surface area contributed by atoms with Crippen molar-refractivity contribution in [1.29, 1.82) is 0 Å². The van der Waals surface area contributed by atoms with E-state index in [0.29, 0.717) is 26.4 Å². The minimum atomic E-state index is -0.987. The highest BCUT2D eigenvalue weighted by molar-refractivity contribution is 5.19. The molecule has 0 radical (unpaired) electrons. The highest BCUT2D eigenvalue weighted by Crippen LogP contribution is 2.41. The van der Waals surface area contributed by atoms with Crippen molar-refractivity contribution < 1.29 is 28.8 Å². The zero-order valence-electron chi connectivity index (χ0n) is 22.9. The van der Waals surface area contributed by atoms with E-state index in [4.69, 9.17) is 23.7 Å². The Morgan fingerprint density at radius 3 is 1.51 bits per heavy atom. The molecule has 2 fully saturated rings. The molecule has 2 aliphatic rings. The molecule has 0 aromatic heterocycles. The Bertz CT molecular complexity index is 1270. The summed E-state index contributed by atoms with van der Waals surface area (Å²) in [6.45, 7) is 1.44. The molecule has 0 bridgehead atoms. The number of benzene rings is 4. The average Bonchev–Trinajstić information content (AvgIpc) is 3.04. The SMILES string of the molecule is O[C@@H]1[C@@H](OCc2ccccc2)[C@H](OCc2ccccc2)[C@H]2CO[C@H](c3ccccc3)O[C@@H]2[C@H]1OCc1ccccc1. The van der Waals surface area contributed by atoms with Crippen LogP contribution in [-0.2, 0) is 43.5 Å². The van der Waals surface area contributed by atoms with Gasteiger partial charge in [0.15, 0.2) is 6.29 Å². The maximum atomic E-state index is 11.9. The molecule has 6 rings (SSSR count). The molecule has 1 N–H and O–H groups in total. The second-order valence-electron chi connectivity index (χ2n) is 10.6. The number of ether oxygens (including phenoxy) is 5.